The van der Waals surface area contributed by atoms with Crippen LogP contribution in [0.15, 0.2) is 41.2 Å². The highest BCUT2D eigenvalue weighted by Gasteiger charge is 2.34. The zero-order valence-electron chi connectivity index (χ0n) is 12.4. The summed E-state index contributed by atoms with van der Waals surface area (Å²) in [6.07, 6.45) is 4.43. The number of allylic oxidation sites excluding steroid dienone is 2. The largest absolute Gasteiger partial charge is 0.351 e. The van der Waals surface area contributed by atoms with Crippen molar-refractivity contribution >= 4 is 29.0 Å². The van der Waals surface area contributed by atoms with Crippen LogP contribution in [-0.2, 0) is 0 Å². The van der Waals surface area contributed by atoms with Crippen molar-refractivity contribution in [3.05, 3.63) is 64.0 Å². The van der Waals surface area contributed by atoms with E-state index in [0.717, 1.165) is 17.3 Å². The second-order valence-corrected chi connectivity index (χ2v) is 5.72. The summed E-state index contributed by atoms with van der Waals surface area (Å²) >= 11 is 1.14. The third-order valence-corrected chi connectivity index (χ3v) is 4.25. The average molecular weight is 329 g/mol. The number of benzene rings is 1. The standard InChI is InChI=1S/C16H12FN3O2S/c1-8-3-4-9(17)7-10(8)20-13-14(21)11-12(19-6-5-18-11)15(22)16(13)23-2/h3-7,20H,1-2H3. The van der Waals surface area contributed by atoms with E-state index in [-0.39, 0.29) is 27.8 Å². The van der Waals surface area contributed by atoms with E-state index in [1.54, 1.807) is 19.2 Å². The van der Waals surface area contributed by atoms with Gasteiger partial charge in [0, 0.05) is 18.1 Å². The van der Waals surface area contributed by atoms with Crippen LogP contribution in [0.2, 0.25) is 0 Å². The Morgan fingerprint density at radius 3 is 2.39 bits per heavy atom. The Morgan fingerprint density at radius 1 is 1.09 bits per heavy atom. The van der Waals surface area contributed by atoms with E-state index in [0.29, 0.717) is 5.69 Å². The molecule has 0 fully saturated rings. The molecule has 116 valence electrons. The molecule has 0 saturated carbocycles. The minimum atomic E-state index is -0.431. The molecule has 0 unspecified atom stereocenters. The summed E-state index contributed by atoms with van der Waals surface area (Å²) in [4.78, 5) is 33.3. The quantitative estimate of drug-likeness (QED) is 0.933. The highest BCUT2D eigenvalue weighted by molar-refractivity contribution is 8.03. The van der Waals surface area contributed by atoms with E-state index in [2.05, 4.69) is 15.3 Å². The van der Waals surface area contributed by atoms with Crippen LogP contribution in [0, 0.1) is 12.7 Å². The lowest BCUT2D eigenvalue weighted by Crippen LogP contribution is -2.27. The van der Waals surface area contributed by atoms with Crippen molar-refractivity contribution in [2.75, 3.05) is 11.6 Å². The van der Waals surface area contributed by atoms with Crippen LogP contribution in [0.25, 0.3) is 0 Å². The predicted molar refractivity (Wildman–Crippen MR) is 86.0 cm³/mol. The van der Waals surface area contributed by atoms with Gasteiger partial charge in [0.1, 0.15) is 22.9 Å². The van der Waals surface area contributed by atoms with Crippen LogP contribution in [-0.4, -0.2) is 27.8 Å². The molecule has 2 aromatic rings. The summed E-state index contributed by atoms with van der Waals surface area (Å²) in [7, 11) is 0. The molecule has 0 amide bonds. The smallest absolute Gasteiger partial charge is 0.231 e. The lowest BCUT2D eigenvalue weighted by molar-refractivity contribution is 0.0975. The molecule has 3 rings (SSSR count). The Labute approximate surface area is 136 Å². The number of ketones is 2. The van der Waals surface area contributed by atoms with E-state index in [1.165, 1.54) is 24.5 Å². The van der Waals surface area contributed by atoms with Gasteiger partial charge < -0.3 is 5.32 Å². The van der Waals surface area contributed by atoms with Gasteiger partial charge in [0.2, 0.25) is 11.6 Å². The number of thioether (sulfide) groups is 1. The number of anilines is 1. The molecule has 0 spiro atoms. The number of carbonyl (C=O) groups is 2. The minimum absolute atomic E-state index is 0.00635. The first-order chi connectivity index (χ1) is 11.0. The first-order valence-corrected chi connectivity index (χ1v) is 7.97. The monoisotopic (exact) mass is 329 g/mol. The Kier molecular flexibility index (Phi) is 3.96. The maximum atomic E-state index is 13.5. The van der Waals surface area contributed by atoms with Crippen LogP contribution in [0.3, 0.4) is 0 Å². The highest BCUT2D eigenvalue weighted by Crippen LogP contribution is 2.31. The molecule has 7 heteroatoms. The van der Waals surface area contributed by atoms with Gasteiger partial charge in [-0.25, -0.2) is 14.4 Å². The molecule has 5 nitrogen and oxygen atoms in total. The van der Waals surface area contributed by atoms with Crippen molar-refractivity contribution in [2.24, 2.45) is 0 Å². The van der Waals surface area contributed by atoms with Gasteiger partial charge in [-0.1, -0.05) is 6.07 Å². The fourth-order valence-corrected chi connectivity index (χ4v) is 2.91. The molecule has 0 atom stereocenters. The Morgan fingerprint density at radius 2 is 1.74 bits per heavy atom. The van der Waals surface area contributed by atoms with Crippen molar-refractivity contribution in [3.8, 4) is 0 Å². The summed E-state index contributed by atoms with van der Waals surface area (Å²) in [5, 5.41) is 2.89. The summed E-state index contributed by atoms with van der Waals surface area (Å²) in [5.74, 6) is -1.23. The molecule has 1 aliphatic rings. The van der Waals surface area contributed by atoms with Gasteiger partial charge in [-0.2, -0.15) is 0 Å². The molecule has 0 radical (unpaired) electrons. The number of aryl methyl sites for hydroxylation is 1. The highest BCUT2D eigenvalue weighted by atomic mass is 32.2. The first-order valence-electron chi connectivity index (χ1n) is 6.74. The molecular formula is C16H12FN3O2S. The van der Waals surface area contributed by atoms with Crippen molar-refractivity contribution in [1.82, 2.24) is 9.97 Å². The van der Waals surface area contributed by atoms with E-state index >= 15 is 0 Å². The molecule has 1 aromatic carbocycles. The molecule has 23 heavy (non-hydrogen) atoms. The number of rotatable bonds is 3. The zero-order chi connectivity index (χ0) is 16.6. The fourth-order valence-electron chi connectivity index (χ4n) is 2.28. The van der Waals surface area contributed by atoms with Gasteiger partial charge in [-0.3, -0.25) is 9.59 Å². The van der Waals surface area contributed by atoms with Crippen LogP contribution < -0.4 is 5.32 Å². The maximum Gasteiger partial charge on any atom is 0.231 e. The topological polar surface area (TPSA) is 72.0 Å². The minimum Gasteiger partial charge on any atom is -0.351 e. The van der Waals surface area contributed by atoms with E-state index < -0.39 is 11.6 Å². The van der Waals surface area contributed by atoms with Gasteiger partial charge >= 0.3 is 0 Å². The number of aromatic nitrogens is 2. The Bertz CT molecular complexity index is 864. The molecule has 1 heterocycles. The summed E-state index contributed by atoms with van der Waals surface area (Å²) < 4.78 is 13.5. The number of fused-ring (bicyclic) bond motifs is 1. The van der Waals surface area contributed by atoms with Crippen LogP contribution in [0.5, 0.6) is 0 Å². The number of hydrogen-bond donors (Lipinski definition) is 1. The third-order valence-electron chi connectivity index (χ3n) is 3.45. The average Bonchev–Trinajstić information content (AvgIpc) is 2.56. The van der Waals surface area contributed by atoms with Gasteiger partial charge in [-0.15, -0.1) is 11.8 Å². The fraction of sp³-hybridized carbons (Fsp3) is 0.125. The van der Waals surface area contributed by atoms with Crippen molar-refractivity contribution in [3.63, 3.8) is 0 Å². The van der Waals surface area contributed by atoms with Crippen molar-refractivity contribution in [2.45, 2.75) is 6.92 Å². The Hall–Kier alpha value is -2.54. The predicted octanol–water partition coefficient (Wildman–Crippen LogP) is 2.99. The van der Waals surface area contributed by atoms with Crippen molar-refractivity contribution < 1.29 is 14.0 Å². The molecule has 1 N–H and O–H groups in total. The third kappa shape index (κ3) is 2.63. The van der Waals surface area contributed by atoms with Gasteiger partial charge in [-0.05, 0) is 30.9 Å². The molecule has 0 bridgehead atoms. The molecular weight excluding hydrogens is 317 g/mol. The summed E-state index contributed by atoms with van der Waals surface area (Å²) in [5.41, 5.74) is 1.34. The molecule has 1 aliphatic carbocycles. The summed E-state index contributed by atoms with van der Waals surface area (Å²) in [6.45, 7) is 1.78. The molecule has 0 saturated heterocycles. The van der Waals surface area contributed by atoms with E-state index in [9.17, 15) is 14.0 Å². The number of nitrogens with zero attached hydrogens (tertiary/aromatic N) is 2. The lowest BCUT2D eigenvalue weighted by atomic mass is 10.0. The molecule has 1 aromatic heterocycles. The second kappa shape index (κ2) is 5.92. The maximum absolute atomic E-state index is 13.5. The number of Topliss-reactive ketones (excluding diaryl/α,β-unsaturated/α-hetero) is 2. The number of nitrogens with one attached hydrogen (secondary N) is 1. The van der Waals surface area contributed by atoms with E-state index in [1.807, 2.05) is 0 Å². The number of halogens is 1. The SMILES string of the molecule is CSC1=C(Nc2cc(F)ccc2C)C(=O)c2nccnc2C1=O. The van der Waals surface area contributed by atoms with Crippen LogP contribution in [0.4, 0.5) is 10.1 Å². The lowest BCUT2D eigenvalue weighted by Gasteiger charge is -2.20. The van der Waals surface area contributed by atoms with E-state index in [4.69, 9.17) is 0 Å². The molecule has 0 aliphatic heterocycles. The number of hydrogen-bond acceptors (Lipinski definition) is 6. The van der Waals surface area contributed by atoms with Gasteiger partial charge in [0.15, 0.2) is 0 Å². The normalized spacial score (nSPS) is 14.0. The summed E-state index contributed by atoms with van der Waals surface area (Å²) in [6, 6.07) is 4.21. The van der Waals surface area contributed by atoms with Gasteiger partial charge in [0.05, 0.1) is 4.91 Å². The first kappa shape index (κ1) is 15.4. The second-order valence-electron chi connectivity index (χ2n) is 4.90. The van der Waals surface area contributed by atoms with Gasteiger partial charge in [0.25, 0.3) is 0 Å². The Balaban J connectivity index is 2.11. The number of carbonyl (C=O) groups excluding carboxylic acids is 2. The van der Waals surface area contributed by atoms with Crippen LogP contribution in [0.1, 0.15) is 26.5 Å². The zero-order valence-corrected chi connectivity index (χ0v) is 13.2. The van der Waals surface area contributed by atoms with Crippen molar-refractivity contribution in [1.29, 1.82) is 0 Å². The van der Waals surface area contributed by atoms with Crippen LogP contribution >= 0.6 is 11.8 Å².